The van der Waals surface area contributed by atoms with Gasteiger partial charge in [-0.3, -0.25) is 9.11 Å². The van der Waals surface area contributed by atoms with Crippen molar-refractivity contribution in [2.24, 2.45) is 11.8 Å². The maximum Gasteiger partial charge on any atom is 0.439 e. The predicted octanol–water partition coefficient (Wildman–Crippen LogP) is 6.01. The summed E-state index contributed by atoms with van der Waals surface area (Å²) in [5, 5.41) is -13.3. The Hall–Kier alpha value is -1.47. The second-order valence-electron chi connectivity index (χ2n) is 12.1. The molecule has 252 valence electrons. The number of hydrogen-bond acceptors (Lipinski definition) is 6. The molecule has 1 aliphatic heterocycles. The minimum absolute atomic E-state index is 0.0163. The van der Waals surface area contributed by atoms with Crippen LogP contribution in [-0.4, -0.2) is 68.2 Å². The van der Waals surface area contributed by atoms with Crippen molar-refractivity contribution < 1.29 is 60.7 Å². The van der Waals surface area contributed by atoms with E-state index in [9.17, 15) is 56.1 Å². The maximum absolute atomic E-state index is 14.6. The number of piperidine rings is 1. The lowest BCUT2D eigenvalue weighted by molar-refractivity contribution is -0.247. The SMILES string of the molecule is O=S(=O)(O)c1cc(C2CCC(C3CCCN(S(=O)(=O)C(F)(F)C(F)(F)C(F)(F)S(=O)(=O)O)C3)CC2)ccc1C1CCCCC1. The topological polar surface area (TPSA) is 146 Å². The molecule has 0 spiro atoms. The van der Waals surface area contributed by atoms with Crippen molar-refractivity contribution in [1.82, 2.24) is 4.31 Å². The molecule has 1 unspecified atom stereocenters. The van der Waals surface area contributed by atoms with E-state index in [1.807, 2.05) is 6.07 Å². The van der Waals surface area contributed by atoms with Crippen molar-refractivity contribution in [3.05, 3.63) is 29.3 Å². The highest BCUT2D eigenvalue weighted by molar-refractivity contribution is 7.90. The Morgan fingerprint density at radius 3 is 1.82 bits per heavy atom. The zero-order valence-electron chi connectivity index (χ0n) is 23.5. The first kappa shape index (κ1) is 35.4. The Balaban J connectivity index is 1.47. The van der Waals surface area contributed by atoms with Gasteiger partial charge in [-0.1, -0.05) is 31.4 Å². The molecule has 9 nitrogen and oxygen atoms in total. The van der Waals surface area contributed by atoms with E-state index in [1.165, 1.54) is 6.07 Å². The second kappa shape index (κ2) is 12.3. The summed E-state index contributed by atoms with van der Waals surface area (Å²) in [6.07, 6.45) is 6.78. The van der Waals surface area contributed by atoms with Gasteiger partial charge in [0, 0.05) is 13.1 Å². The molecule has 0 aromatic heterocycles. The van der Waals surface area contributed by atoms with Gasteiger partial charge < -0.3 is 0 Å². The Labute approximate surface area is 252 Å². The predicted molar refractivity (Wildman–Crippen MR) is 146 cm³/mol. The summed E-state index contributed by atoms with van der Waals surface area (Å²) in [4.78, 5) is -0.130. The van der Waals surface area contributed by atoms with Gasteiger partial charge >= 0.3 is 26.5 Å². The van der Waals surface area contributed by atoms with Gasteiger partial charge in [0.15, 0.2) is 0 Å². The molecular weight excluding hydrogens is 664 g/mol. The zero-order valence-corrected chi connectivity index (χ0v) is 26.0. The molecule has 44 heavy (non-hydrogen) atoms. The van der Waals surface area contributed by atoms with Crippen molar-refractivity contribution in [3.63, 3.8) is 0 Å². The highest BCUT2D eigenvalue weighted by atomic mass is 32.2. The second-order valence-corrected chi connectivity index (χ2v) is 16.9. The molecule has 0 amide bonds. The minimum Gasteiger partial charge on any atom is -0.282 e. The van der Waals surface area contributed by atoms with E-state index in [-0.39, 0.29) is 33.4 Å². The summed E-state index contributed by atoms with van der Waals surface area (Å²) in [7, 11) is -18.1. The zero-order chi connectivity index (χ0) is 32.9. The van der Waals surface area contributed by atoms with Crippen LogP contribution in [0.4, 0.5) is 26.3 Å². The van der Waals surface area contributed by atoms with E-state index in [0.717, 1.165) is 32.1 Å². The third-order valence-corrected chi connectivity index (χ3v) is 13.1. The van der Waals surface area contributed by atoms with Crippen LogP contribution in [0.25, 0.3) is 0 Å². The van der Waals surface area contributed by atoms with Gasteiger partial charge in [-0.25, -0.2) is 8.42 Å². The van der Waals surface area contributed by atoms with Gasteiger partial charge in [0.1, 0.15) is 0 Å². The average molecular weight is 700 g/mol. The summed E-state index contributed by atoms with van der Waals surface area (Å²) >= 11 is 0. The number of benzene rings is 1. The highest BCUT2D eigenvalue weighted by Crippen LogP contribution is 2.52. The summed E-state index contributed by atoms with van der Waals surface area (Å²) in [5.41, 5.74) is 1.26. The molecular formula is C26H35F6NO8S3. The van der Waals surface area contributed by atoms with E-state index in [0.29, 0.717) is 43.2 Å². The first-order chi connectivity index (χ1) is 20.1. The van der Waals surface area contributed by atoms with Crippen LogP contribution in [0.5, 0.6) is 0 Å². The summed E-state index contributed by atoms with van der Waals surface area (Å²) in [6, 6.07) is 5.03. The van der Waals surface area contributed by atoms with Crippen LogP contribution in [0.3, 0.4) is 0 Å². The van der Waals surface area contributed by atoms with Crippen molar-refractivity contribution in [2.75, 3.05) is 13.1 Å². The molecule has 2 N–H and O–H groups in total. The Morgan fingerprint density at radius 2 is 1.27 bits per heavy atom. The van der Waals surface area contributed by atoms with Crippen LogP contribution in [0.15, 0.2) is 23.1 Å². The summed E-state index contributed by atoms with van der Waals surface area (Å²) < 4.78 is 174. The Morgan fingerprint density at radius 1 is 0.682 bits per heavy atom. The van der Waals surface area contributed by atoms with Crippen molar-refractivity contribution in [1.29, 1.82) is 0 Å². The van der Waals surface area contributed by atoms with Crippen LogP contribution in [-0.2, 0) is 30.3 Å². The average Bonchev–Trinajstić information content (AvgIpc) is 2.96. The number of nitrogens with zero attached hydrogens (tertiary/aromatic N) is 1. The third-order valence-electron chi connectivity index (χ3n) is 9.41. The van der Waals surface area contributed by atoms with Crippen molar-refractivity contribution in [3.8, 4) is 0 Å². The molecule has 1 atom stereocenters. The summed E-state index contributed by atoms with van der Waals surface area (Å²) in [6.45, 7) is -1.35. The lowest BCUT2D eigenvalue weighted by atomic mass is 9.72. The van der Waals surface area contributed by atoms with E-state index >= 15 is 0 Å². The molecule has 1 aromatic rings. The van der Waals surface area contributed by atoms with Gasteiger partial charge in [-0.05, 0) is 92.2 Å². The molecule has 1 aromatic carbocycles. The monoisotopic (exact) mass is 699 g/mol. The lowest BCUT2D eigenvalue weighted by Crippen LogP contribution is -2.63. The molecule has 0 bridgehead atoms. The lowest BCUT2D eigenvalue weighted by Gasteiger charge is -2.41. The molecule has 3 aliphatic rings. The third kappa shape index (κ3) is 6.39. The number of sulfonamides is 1. The standard InChI is InChI=1S/C26H35F6NO8S3/c27-24(28,26(31,32)44(39,40)41)25(29,30)43(37,38)33-14-4-7-21(16-33)18-10-8-17(9-11-18)20-12-13-22(19-5-2-1-3-6-19)23(15-20)42(34,35)36/h12-13,15,17-19,21H,1-11,14,16H2,(H,34,35,36)(H,39,40,41). The number of alkyl halides is 6. The number of halogens is 6. The normalized spacial score (nSPS) is 26.0. The van der Waals surface area contributed by atoms with Gasteiger partial charge in [-0.2, -0.15) is 47.5 Å². The minimum atomic E-state index is -7.10. The van der Waals surface area contributed by atoms with Crippen LogP contribution in [0, 0.1) is 11.8 Å². The van der Waals surface area contributed by atoms with Crippen LogP contribution in [0.1, 0.15) is 93.6 Å². The fraction of sp³-hybridized carbons (Fsp3) is 0.769. The molecule has 18 heteroatoms. The van der Waals surface area contributed by atoms with E-state index < -0.39 is 65.7 Å². The fourth-order valence-corrected chi connectivity index (χ4v) is 9.80. The molecule has 2 aliphatic carbocycles. The maximum atomic E-state index is 14.6. The van der Waals surface area contributed by atoms with Gasteiger partial charge in [0.05, 0.1) is 4.90 Å². The fourth-order valence-electron chi connectivity index (χ4n) is 6.94. The van der Waals surface area contributed by atoms with Crippen molar-refractivity contribution >= 4 is 30.3 Å². The molecule has 4 rings (SSSR count). The van der Waals surface area contributed by atoms with Gasteiger partial charge in [0.25, 0.3) is 20.1 Å². The van der Waals surface area contributed by atoms with Crippen LogP contribution < -0.4 is 0 Å². The van der Waals surface area contributed by atoms with E-state index in [4.69, 9.17) is 4.55 Å². The molecule has 1 heterocycles. The van der Waals surface area contributed by atoms with Gasteiger partial charge in [0.2, 0.25) is 0 Å². The summed E-state index contributed by atoms with van der Waals surface area (Å²) in [5.74, 6) is -7.93. The van der Waals surface area contributed by atoms with Crippen molar-refractivity contribution in [2.45, 2.75) is 104 Å². The smallest absolute Gasteiger partial charge is 0.282 e. The van der Waals surface area contributed by atoms with E-state index in [1.54, 1.807) is 6.07 Å². The highest BCUT2D eigenvalue weighted by Gasteiger charge is 2.82. The molecule has 0 radical (unpaired) electrons. The Bertz CT molecular complexity index is 1540. The van der Waals surface area contributed by atoms with Crippen LogP contribution in [0.2, 0.25) is 0 Å². The quantitative estimate of drug-likeness (QED) is 0.236. The Kier molecular flexibility index (Phi) is 9.88. The molecule has 2 saturated carbocycles. The van der Waals surface area contributed by atoms with E-state index in [2.05, 4.69) is 0 Å². The van der Waals surface area contributed by atoms with Crippen LogP contribution >= 0.6 is 0 Å². The largest absolute Gasteiger partial charge is 0.439 e. The molecule has 3 fully saturated rings. The molecule has 1 saturated heterocycles. The van der Waals surface area contributed by atoms with Gasteiger partial charge in [-0.15, -0.1) is 0 Å². The first-order valence-corrected chi connectivity index (χ1v) is 18.7. The number of rotatable bonds is 9. The number of hydrogen-bond donors (Lipinski definition) is 2. The first-order valence-electron chi connectivity index (χ1n) is 14.3.